The van der Waals surface area contributed by atoms with Crippen molar-refractivity contribution in [2.24, 2.45) is 0 Å². The first-order valence-electron chi connectivity index (χ1n) is 5.01. The summed E-state index contributed by atoms with van der Waals surface area (Å²) in [5, 5.41) is 0.957. The summed E-state index contributed by atoms with van der Waals surface area (Å²) in [6.07, 6.45) is 2.01. The number of para-hydroxylation sites is 1. The smallest absolute Gasteiger partial charge is 0.169 e. The van der Waals surface area contributed by atoms with Gasteiger partial charge >= 0.3 is 0 Å². The largest absolute Gasteiger partial charge is 0.479 e. The summed E-state index contributed by atoms with van der Waals surface area (Å²) in [5.41, 5.74) is 0.828. The van der Waals surface area contributed by atoms with Crippen molar-refractivity contribution in [2.45, 2.75) is 18.9 Å². The van der Waals surface area contributed by atoms with Crippen LogP contribution in [0.25, 0.3) is 11.0 Å². The summed E-state index contributed by atoms with van der Waals surface area (Å²) < 4.78 is 11.2. The molecule has 1 unspecified atom stereocenters. The van der Waals surface area contributed by atoms with E-state index in [4.69, 9.17) is 9.15 Å². The molecule has 15 heavy (non-hydrogen) atoms. The van der Waals surface area contributed by atoms with Gasteiger partial charge in [-0.3, -0.25) is 4.79 Å². The van der Waals surface area contributed by atoms with Crippen molar-refractivity contribution < 1.29 is 13.9 Å². The first-order valence-corrected chi connectivity index (χ1v) is 5.01. The Labute approximate surface area is 86.6 Å². The van der Waals surface area contributed by atoms with Crippen LogP contribution in [0.2, 0.25) is 0 Å². The van der Waals surface area contributed by atoms with Gasteiger partial charge in [-0.1, -0.05) is 12.1 Å². The van der Waals surface area contributed by atoms with Crippen molar-refractivity contribution in [1.82, 2.24) is 0 Å². The third-order valence-electron chi connectivity index (χ3n) is 2.70. The predicted molar refractivity (Wildman–Crippen MR) is 55.0 cm³/mol. The molecule has 2 heterocycles. The average molecular weight is 202 g/mol. The van der Waals surface area contributed by atoms with Gasteiger partial charge in [0.15, 0.2) is 18.1 Å². The third kappa shape index (κ3) is 1.23. The Hall–Kier alpha value is -1.77. The SMILES string of the molecule is O=CC1CCc2oc3ccccc3c2O1. The number of rotatable bonds is 1. The van der Waals surface area contributed by atoms with E-state index in [1.807, 2.05) is 24.3 Å². The number of hydrogen-bond acceptors (Lipinski definition) is 3. The topological polar surface area (TPSA) is 39.4 Å². The van der Waals surface area contributed by atoms with Crippen LogP contribution in [0.15, 0.2) is 28.7 Å². The van der Waals surface area contributed by atoms with E-state index in [1.165, 1.54) is 0 Å². The van der Waals surface area contributed by atoms with Gasteiger partial charge in [0.1, 0.15) is 11.3 Å². The molecule has 1 aromatic carbocycles. The molecule has 3 heteroatoms. The number of fused-ring (bicyclic) bond motifs is 3. The second-order valence-corrected chi connectivity index (χ2v) is 3.68. The van der Waals surface area contributed by atoms with E-state index < -0.39 is 0 Å². The van der Waals surface area contributed by atoms with E-state index >= 15 is 0 Å². The molecular weight excluding hydrogens is 192 g/mol. The van der Waals surface area contributed by atoms with Crippen LogP contribution >= 0.6 is 0 Å². The van der Waals surface area contributed by atoms with Gasteiger partial charge in [0.05, 0.1) is 5.39 Å². The van der Waals surface area contributed by atoms with Gasteiger partial charge in [-0.2, -0.15) is 0 Å². The van der Waals surface area contributed by atoms with E-state index in [-0.39, 0.29) is 6.10 Å². The summed E-state index contributed by atoms with van der Waals surface area (Å²) in [7, 11) is 0. The molecule has 0 fully saturated rings. The van der Waals surface area contributed by atoms with Crippen molar-refractivity contribution in [2.75, 3.05) is 0 Å². The maximum Gasteiger partial charge on any atom is 0.169 e. The summed E-state index contributed by atoms with van der Waals surface area (Å²) in [6, 6.07) is 7.72. The minimum atomic E-state index is -0.321. The Morgan fingerprint density at radius 1 is 1.33 bits per heavy atom. The van der Waals surface area contributed by atoms with Gasteiger partial charge in [0.2, 0.25) is 0 Å². The lowest BCUT2D eigenvalue weighted by Crippen LogP contribution is -2.22. The molecule has 0 bridgehead atoms. The molecule has 0 saturated heterocycles. The Bertz CT molecular complexity index is 513. The van der Waals surface area contributed by atoms with Crippen LogP contribution in [0.4, 0.5) is 0 Å². The number of aryl methyl sites for hydroxylation is 1. The normalized spacial score (nSPS) is 19.6. The Morgan fingerprint density at radius 3 is 3.07 bits per heavy atom. The second kappa shape index (κ2) is 3.12. The molecule has 1 atom stereocenters. The lowest BCUT2D eigenvalue weighted by atomic mass is 10.1. The van der Waals surface area contributed by atoms with E-state index in [9.17, 15) is 4.79 Å². The van der Waals surface area contributed by atoms with Crippen molar-refractivity contribution in [3.05, 3.63) is 30.0 Å². The molecule has 3 nitrogen and oxygen atoms in total. The molecule has 0 N–H and O–H groups in total. The highest BCUT2D eigenvalue weighted by Gasteiger charge is 2.24. The van der Waals surface area contributed by atoms with Crippen LogP contribution in [-0.2, 0) is 11.2 Å². The highest BCUT2D eigenvalue weighted by atomic mass is 16.5. The van der Waals surface area contributed by atoms with Gasteiger partial charge in [-0.15, -0.1) is 0 Å². The lowest BCUT2D eigenvalue weighted by molar-refractivity contribution is -0.114. The fraction of sp³-hybridized carbons (Fsp3) is 0.250. The first-order chi connectivity index (χ1) is 7.38. The van der Waals surface area contributed by atoms with E-state index in [1.54, 1.807) is 0 Å². The standard InChI is InChI=1S/C12H10O3/c13-7-8-5-6-11-12(14-8)9-3-1-2-4-10(9)15-11/h1-4,7-8H,5-6H2. The molecule has 2 aromatic rings. The molecule has 1 aliphatic rings. The van der Waals surface area contributed by atoms with Gasteiger partial charge in [-0.05, 0) is 18.6 Å². The predicted octanol–water partition coefficient (Wildman–Crippen LogP) is 2.33. The lowest BCUT2D eigenvalue weighted by Gasteiger charge is -2.17. The molecule has 0 saturated carbocycles. The summed E-state index contributed by atoms with van der Waals surface area (Å²) in [6.45, 7) is 0. The van der Waals surface area contributed by atoms with Crippen LogP contribution in [0, 0.1) is 0 Å². The van der Waals surface area contributed by atoms with Gasteiger partial charge in [0.25, 0.3) is 0 Å². The third-order valence-corrected chi connectivity index (χ3v) is 2.70. The van der Waals surface area contributed by atoms with Crippen LogP contribution in [0.3, 0.4) is 0 Å². The minimum absolute atomic E-state index is 0.321. The van der Waals surface area contributed by atoms with Crippen LogP contribution < -0.4 is 4.74 Å². The minimum Gasteiger partial charge on any atom is -0.479 e. The number of aldehydes is 1. The van der Waals surface area contributed by atoms with Gasteiger partial charge in [-0.25, -0.2) is 0 Å². The van der Waals surface area contributed by atoms with Crippen molar-refractivity contribution in [3.63, 3.8) is 0 Å². The number of carbonyl (C=O) groups is 1. The second-order valence-electron chi connectivity index (χ2n) is 3.68. The fourth-order valence-corrected chi connectivity index (χ4v) is 1.95. The monoisotopic (exact) mass is 202 g/mol. The first kappa shape index (κ1) is 8.53. The fourth-order valence-electron chi connectivity index (χ4n) is 1.95. The van der Waals surface area contributed by atoms with Crippen molar-refractivity contribution >= 4 is 17.3 Å². The molecule has 0 amide bonds. The van der Waals surface area contributed by atoms with Gasteiger partial charge < -0.3 is 9.15 Å². The Kier molecular flexibility index (Phi) is 1.78. The summed E-state index contributed by atoms with van der Waals surface area (Å²) in [5.74, 6) is 1.60. The van der Waals surface area contributed by atoms with E-state index in [2.05, 4.69) is 0 Å². The molecule has 0 spiro atoms. The van der Waals surface area contributed by atoms with E-state index in [0.717, 1.165) is 35.2 Å². The van der Waals surface area contributed by atoms with Crippen LogP contribution in [0.5, 0.6) is 5.75 Å². The van der Waals surface area contributed by atoms with Gasteiger partial charge in [0, 0.05) is 6.42 Å². The Balaban J connectivity index is 2.18. The zero-order valence-corrected chi connectivity index (χ0v) is 8.10. The molecule has 3 rings (SSSR count). The molecule has 1 aliphatic heterocycles. The molecule has 0 radical (unpaired) electrons. The summed E-state index contributed by atoms with van der Waals surface area (Å²) >= 11 is 0. The van der Waals surface area contributed by atoms with E-state index in [0.29, 0.717) is 6.42 Å². The number of benzene rings is 1. The highest BCUT2D eigenvalue weighted by Crippen LogP contribution is 2.37. The quantitative estimate of drug-likeness (QED) is 0.666. The Morgan fingerprint density at radius 2 is 2.20 bits per heavy atom. The highest BCUT2D eigenvalue weighted by molar-refractivity contribution is 5.86. The molecule has 1 aromatic heterocycles. The maximum absolute atomic E-state index is 10.7. The number of hydrogen-bond donors (Lipinski definition) is 0. The molecular formula is C12H10O3. The number of furan rings is 1. The number of carbonyl (C=O) groups excluding carboxylic acids is 1. The van der Waals surface area contributed by atoms with Crippen molar-refractivity contribution in [1.29, 1.82) is 0 Å². The molecule has 0 aliphatic carbocycles. The number of ether oxygens (including phenoxy) is 1. The summed E-state index contributed by atoms with van der Waals surface area (Å²) in [4.78, 5) is 10.7. The zero-order valence-electron chi connectivity index (χ0n) is 8.10. The molecule has 76 valence electrons. The maximum atomic E-state index is 10.7. The van der Waals surface area contributed by atoms with Crippen molar-refractivity contribution in [3.8, 4) is 5.75 Å². The van der Waals surface area contributed by atoms with Crippen LogP contribution in [-0.4, -0.2) is 12.4 Å². The van der Waals surface area contributed by atoms with Crippen LogP contribution in [0.1, 0.15) is 12.2 Å². The zero-order chi connectivity index (χ0) is 10.3. The average Bonchev–Trinajstić information content (AvgIpc) is 2.66.